The predicted molar refractivity (Wildman–Crippen MR) is 108 cm³/mol. The molecule has 1 heterocycles. The van der Waals surface area contributed by atoms with Crippen molar-refractivity contribution >= 4 is 23.2 Å². The number of rotatable bonds is 7. The van der Waals surface area contributed by atoms with Crippen molar-refractivity contribution < 1.29 is 14.3 Å². The highest BCUT2D eigenvalue weighted by Crippen LogP contribution is 2.36. The zero-order chi connectivity index (χ0) is 19.1. The smallest absolute Gasteiger partial charge is 0.265 e. The molecule has 2 N–H and O–H groups in total. The largest absolute Gasteiger partial charge is 0.492 e. The van der Waals surface area contributed by atoms with Crippen LogP contribution in [0.2, 0.25) is 0 Å². The number of hydrogen-bond acceptors (Lipinski definition) is 4. The van der Waals surface area contributed by atoms with Crippen molar-refractivity contribution in [3.8, 4) is 16.2 Å². The molecule has 1 fully saturated rings. The van der Waals surface area contributed by atoms with Gasteiger partial charge in [-0.25, -0.2) is 0 Å². The monoisotopic (exact) mass is 386 g/mol. The van der Waals surface area contributed by atoms with Crippen LogP contribution < -0.4 is 15.4 Å². The Morgan fingerprint density at radius 2 is 1.89 bits per heavy atom. The van der Waals surface area contributed by atoms with E-state index in [-0.39, 0.29) is 24.4 Å². The molecular weight excluding hydrogens is 360 g/mol. The molecule has 2 aromatic rings. The van der Waals surface area contributed by atoms with E-state index in [9.17, 15) is 9.59 Å². The maximum absolute atomic E-state index is 12.6. The third kappa shape index (κ3) is 5.32. The minimum absolute atomic E-state index is 0.0144. The van der Waals surface area contributed by atoms with E-state index in [0.717, 1.165) is 36.1 Å². The summed E-state index contributed by atoms with van der Waals surface area (Å²) in [7, 11) is 0. The molecule has 0 atom stereocenters. The van der Waals surface area contributed by atoms with Crippen molar-refractivity contribution in [3.63, 3.8) is 0 Å². The maximum Gasteiger partial charge on any atom is 0.265 e. The van der Waals surface area contributed by atoms with E-state index in [0.29, 0.717) is 17.2 Å². The average Bonchev–Trinajstić information content (AvgIpc) is 3.12. The van der Waals surface area contributed by atoms with Gasteiger partial charge in [-0.05, 0) is 31.4 Å². The Bertz CT molecular complexity index is 767. The quantitative estimate of drug-likeness (QED) is 0.756. The Morgan fingerprint density at radius 3 is 2.59 bits per heavy atom. The average molecular weight is 387 g/mol. The first-order valence-electron chi connectivity index (χ1n) is 9.57. The van der Waals surface area contributed by atoms with E-state index in [2.05, 4.69) is 10.6 Å². The fourth-order valence-electron chi connectivity index (χ4n) is 3.31. The lowest BCUT2D eigenvalue weighted by Gasteiger charge is -2.22. The summed E-state index contributed by atoms with van der Waals surface area (Å²) in [4.78, 5) is 26.2. The van der Waals surface area contributed by atoms with Gasteiger partial charge in [0, 0.05) is 10.9 Å². The summed E-state index contributed by atoms with van der Waals surface area (Å²) in [6.07, 6.45) is 5.61. The SMILES string of the molecule is CCOc1cc(-c2ccccc2)sc1C(=O)NCC(=O)NC1CCCCC1. The Hall–Kier alpha value is -2.34. The third-order valence-electron chi connectivity index (χ3n) is 4.64. The lowest BCUT2D eigenvalue weighted by molar-refractivity contribution is -0.121. The minimum atomic E-state index is -0.274. The predicted octanol–water partition coefficient (Wildman–Crippen LogP) is 3.99. The molecule has 0 spiro atoms. The van der Waals surface area contributed by atoms with Crippen LogP contribution in [0.4, 0.5) is 0 Å². The number of amides is 2. The number of ether oxygens (including phenoxy) is 1. The van der Waals surface area contributed by atoms with Crippen molar-refractivity contribution in [1.29, 1.82) is 0 Å². The van der Waals surface area contributed by atoms with Crippen LogP contribution >= 0.6 is 11.3 Å². The van der Waals surface area contributed by atoms with E-state index >= 15 is 0 Å². The molecular formula is C21H26N2O3S. The number of nitrogens with one attached hydrogen (secondary N) is 2. The van der Waals surface area contributed by atoms with Crippen LogP contribution in [0.5, 0.6) is 5.75 Å². The first-order valence-corrected chi connectivity index (χ1v) is 10.4. The number of carbonyl (C=O) groups excluding carboxylic acids is 2. The molecule has 0 bridgehead atoms. The van der Waals surface area contributed by atoms with Crippen molar-refractivity contribution in [2.75, 3.05) is 13.2 Å². The van der Waals surface area contributed by atoms with Gasteiger partial charge in [-0.2, -0.15) is 0 Å². The maximum atomic E-state index is 12.6. The molecule has 1 aromatic heterocycles. The molecule has 1 aliphatic rings. The van der Waals surface area contributed by atoms with Gasteiger partial charge in [0.15, 0.2) is 0 Å². The minimum Gasteiger partial charge on any atom is -0.492 e. The van der Waals surface area contributed by atoms with Gasteiger partial charge in [0.2, 0.25) is 5.91 Å². The van der Waals surface area contributed by atoms with E-state index in [1.807, 2.05) is 43.3 Å². The lowest BCUT2D eigenvalue weighted by Crippen LogP contribution is -2.42. The number of hydrogen-bond donors (Lipinski definition) is 2. The second-order valence-corrected chi connectivity index (χ2v) is 7.74. The number of thiophene rings is 1. The normalized spacial score (nSPS) is 14.6. The van der Waals surface area contributed by atoms with E-state index < -0.39 is 0 Å². The molecule has 27 heavy (non-hydrogen) atoms. The second kappa shape index (κ2) is 9.55. The van der Waals surface area contributed by atoms with Gasteiger partial charge >= 0.3 is 0 Å². The molecule has 144 valence electrons. The molecule has 2 amide bonds. The molecule has 6 heteroatoms. The molecule has 1 aromatic carbocycles. The van der Waals surface area contributed by atoms with Gasteiger partial charge in [-0.15, -0.1) is 11.3 Å². The van der Waals surface area contributed by atoms with Crippen LogP contribution in [-0.4, -0.2) is 31.0 Å². The van der Waals surface area contributed by atoms with Gasteiger partial charge in [0.1, 0.15) is 10.6 Å². The van der Waals surface area contributed by atoms with E-state index in [1.165, 1.54) is 17.8 Å². The third-order valence-corrected chi connectivity index (χ3v) is 5.81. The van der Waals surface area contributed by atoms with Crippen LogP contribution in [0.1, 0.15) is 48.7 Å². The lowest BCUT2D eigenvalue weighted by atomic mass is 9.95. The Kier molecular flexibility index (Phi) is 6.87. The van der Waals surface area contributed by atoms with Crippen LogP contribution in [0.25, 0.3) is 10.4 Å². The molecule has 3 rings (SSSR count). The molecule has 0 unspecified atom stereocenters. The summed E-state index contributed by atoms with van der Waals surface area (Å²) in [6.45, 7) is 2.35. The van der Waals surface area contributed by atoms with Crippen LogP contribution in [0.3, 0.4) is 0 Å². The standard InChI is InChI=1S/C21H26N2O3S/c1-2-26-17-13-18(15-9-5-3-6-10-15)27-20(17)21(25)22-14-19(24)23-16-11-7-4-8-12-16/h3,5-6,9-10,13,16H,2,4,7-8,11-12,14H2,1H3,(H,22,25)(H,23,24). The summed E-state index contributed by atoms with van der Waals surface area (Å²) in [5.74, 6) is 0.156. The molecule has 1 saturated carbocycles. The zero-order valence-corrected chi connectivity index (χ0v) is 16.4. The van der Waals surface area contributed by atoms with Crippen molar-refractivity contribution in [1.82, 2.24) is 10.6 Å². The summed E-state index contributed by atoms with van der Waals surface area (Å²) < 4.78 is 5.64. The van der Waals surface area contributed by atoms with Crippen molar-refractivity contribution in [2.45, 2.75) is 45.1 Å². The molecule has 5 nitrogen and oxygen atoms in total. The van der Waals surface area contributed by atoms with Gasteiger partial charge in [-0.3, -0.25) is 9.59 Å². The highest BCUT2D eigenvalue weighted by Gasteiger charge is 2.20. The Labute approximate surface area is 164 Å². The zero-order valence-electron chi connectivity index (χ0n) is 15.6. The fourth-order valence-corrected chi connectivity index (χ4v) is 4.33. The first-order chi connectivity index (χ1) is 13.2. The van der Waals surface area contributed by atoms with Gasteiger partial charge in [0.05, 0.1) is 13.2 Å². The van der Waals surface area contributed by atoms with Gasteiger partial charge in [0.25, 0.3) is 5.91 Å². The van der Waals surface area contributed by atoms with Crippen LogP contribution in [0, 0.1) is 0 Å². The van der Waals surface area contributed by atoms with Gasteiger partial charge < -0.3 is 15.4 Å². The van der Waals surface area contributed by atoms with Gasteiger partial charge in [-0.1, -0.05) is 49.6 Å². The highest BCUT2D eigenvalue weighted by atomic mass is 32.1. The fraction of sp³-hybridized carbons (Fsp3) is 0.429. The molecule has 0 radical (unpaired) electrons. The second-order valence-electron chi connectivity index (χ2n) is 6.69. The van der Waals surface area contributed by atoms with Crippen molar-refractivity contribution in [2.24, 2.45) is 0 Å². The highest BCUT2D eigenvalue weighted by molar-refractivity contribution is 7.17. The Balaban J connectivity index is 1.62. The van der Waals surface area contributed by atoms with E-state index in [1.54, 1.807) is 0 Å². The van der Waals surface area contributed by atoms with E-state index in [4.69, 9.17) is 4.74 Å². The molecule has 0 aliphatic heterocycles. The Morgan fingerprint density at radius 1 is 1.15 bits per heavy atom. The summed E-state index contributed by atoms with van der Waals surface area (Å²) in [6, 6.07) is 12.0. The van der Waals surface area contributed by atoms with Crippen LogP contribution in [-0.2, 0) is 4.79 Å². The first kappa shape index (κ1) is 19.4. The van der Waals surface area contributed by atoms with Crippen molar-refractivity contribution in [3.05, 3.63) is 41.3 Å². The van der Waals surface area contributed by atoms with Crippen LogP contribution in [0.15, 0.2) is 36.4 Å². The molecule has 0 saturated heterocycles. The summed E-state index contributed by atoms with van der Waals surface area (Å²) in [5.41, 5.74) is 1.04. The number of benzene rings is 1. The summed E-state index contributed by atoms with van der Waals surface area (Å²) >= 11 is 1.38. The number of carbonyl (C=O) groups is 2. The summed E-state index contributed by atoms with van der Waals surface area (Å²) in [5, 5.41) is 5.75. The topological polar surface area (TPSA) is 67.4 Å². The molecule has 1 aliphatic carbocycles.